The van der Waals surface area contributed by atoms with Crippen molar-refractivity contribution in [1.29, 1.82) is 0 Å². The molecule has 6 heteroatoms. The number of sulfonamides is 1. The summed E-state index contributed by atoms with van der Waals surface area (Å²) in [5, 5.41) is -0.160. The van der Waals surface area contributed by atoms with Gasteiger partial charge in [0.15, 0.2) is 0 Å². The van der Waals surface area contributed by atoms with Gasteiger partial charge in [0, 0.05) is 19.5 Å². The van der Waals surface area contributed by atoms with E-state index in [0.29, 0.717) is 19.5 Å². The first kappa shape index (κ1) is 11.5. The van der Waals surface area contributed by atoms with Crippen molar-refractivity contribution in [2.24, 2.45) is 0 Å². The smallest absolute Gasteiger partial charge is 0.224 e. The lowest BCUT2D eigenvalue weighted by atomic mass is 10.1. The van der Waals surface area contributed by atoms with Gasteiger partial charge in [-0.3, -0.25) is 4.79 Å². The fourth-order valence-electron chi connectivity index (χ4n) is 3.18. The minimum atomic E-state index is -3.12. The van der Waals surface area contributed by atoms with Gasteiger partial charge in [-0.15, -0.1) is 0 Å². The molecule has 96 valence electrons. The highest BCUT2D eigenvalue weighted by atomic mass is 32.2. The van der Waals surface area contributed by atoms with Crippen LogP contribution in [0.3, 0.4) is 0 Å². The number of likely N-dealkylation sites (N-methyl/N-ethyl adjacent to an activating group) is 1. The molecule has 2 atom stereocenters. The summed E-state index contributed by atoms with van der Waals surface area (Å²) < 4.78 is 26.1. The molecule has 2 saturated heterocycles. The van der Waals surface area contributed by atoms with E-state index in [0.717, 1.165) is 19.3 Å². The number of rotatable bonds is 3. The summed E-state index contributed by atoms with van der Waals surface area (Å²) >= 11 is 0. The summed E-state index contributed by atoms with van der Waals surface area (Å²) in [6.45, 7) is 3.24. The van der Waals surface area contributed by atoms with Gasteiger partial charge in [0.05, 0.1) is 17.3 Å². The molecule has 3 aliphatic rings. The second-order valence-corrected chi connectivity index (χ2v) is 7.33. The Morgan fingerprint density at radius 2 is 1.94 bits per heavy atom. The fourth-order valence-corrected chi connectivity index (χ4v) is 5.24. The Hall–Kier alpha value is -0.620. The van der Waals surface area contributed by atoms with Gasteiger partial charge in [-0.25, -0.2) is 8.42 Å². The molecule has 2 heterocycles. The summed E-state index contributed by atoms with van der Waals surface area (Å²) in [6, 6.07) is 0.0362. The van der Waals surface area contributed by atoms with Crippen LogP contribution >= 0.6 is 0 Å². The van der Waals surface area contributed by atoms with E-state index in [2.05, 4.69) is 0 Å². The van der Waals surface area contributed by atoms with Crippen molar-refractivity contribution in [1.82, 2.24) is 9.21 Å². The minimum absolute atomic E-state index is 0.0898. The number of carbonyl (C=O) groups is 1. The predicted molar refractivity (Wildman–Crippen MR) is 62.8 cm³/mol. The van der Waals surface area contributed by atoms with Crippen LogP contribution in [0.25, 0.3) is 0 Å². The molecule has 5 nitrogen and oxygen atoms in total. The van der Waals surface area contributed by atoms with Gasteiger partial charge in [0.2, 0.25) is 15.9 Å². The number of amides is 1. The summed E-state index contributed by atoms with van der Waals surface area (Å²) in [7, 11) is -3.12. The van der Waals surface area contributed by atoms with Crippen molar-refractivity contribution in [3.05, 3.63) is 0 Å². The minimum Gasteiger partial charge on any atom is -0.338 e. The van der Waals surface area contributed by atoms with Gasteiger partial charge in [0.1, 0.15) is 0 Å². The Bertz CT molecular complexity index is 444. The van der Waals surface area contributed by atoms with E-state index >= 15 is 0 Å². The first-order valence-corrected chi connectivity index (χ1v) is 7.86. The molecular weight excluding hydrogens is 240 g/mol. The number of nitrogens with zero attached hydrogens (tertiary/aromatic N) is 2. The molecule has 0 aromatic rings. The number of carbonyl (C=O) groups excluding carboxylic acids is 1. The van der Waals surface area contributed by atoms with E-state index < -0.39 is 10.0 Å². The van der Waals surface area contributed by atoms with Crippen LogP contribution in [0.5, 0.6) is 0 Å². The molecule has 3 rings (SSSR count). The Labute approximate surface area is 102 Å². The normalized spacial score (nSPS) is 34.4. The third-order valence-electron chi connectivity index (χ3n) is 4.18. The summed E-state index contributed by atoms with van der Waals surface area (Å²) in [5.74, 6) is 0.109. The van der Waals surface area contributed by atoms with E-state index in [1.807, 2.05) is 11.8 Å². The molecule has 3 fully saturated rings. The first-order valence-electron chi connectivity index (χ1n) is 6.36. The second kappa shape index (κ2) is 3.68. The largest absolute Gasteiger partial charge is 0.338 e. The van der Waals surface area contributed by atoms with Crippen LogP contribution in [0.15, 0.2) is 0 Å². The van der Waals surface area contributed by atoms with Gasteiger partial charge in [-0.1, -0.05) is 0 Å². The standard InChI is InChI=1S/C11H18N2O3S/c1-2-12-9-5-6-13(10(9)7-11(12)14)17(15,16)8-3-4-8/h8-10H,2-7H2,1H3. The lowest BCUT2D eigenvalue weighted by Crippen LogP contribution is -2.41. The number of likely N-dealkylation sites (tertiary alicyclic amines) is 1. The van der Waals surface area contributed by atoms with Crippen LogP contribution in [-0.2, 0) is 14.8 Å². The average molecular weight is 258 g/mol. The molecule has 0 bridgehead atoms. The fraction of sp³-hybridized carbons (Fsp3) is 0.909. The van der Waals surface area contributed by atoms with Crippen LogP contribution < -0.4 is 0 Å². The highest BCUT2D eigenvalue weighted by molar-refractivity contribution is 7.90. The zero-order valence-electron chi connectivity index (χ0n) is 10.0. The first-order chi connectivity index (χ1) is 8.05. The Balaban J connectivity index is 1.85. The molecule has 2 aliphatic heterocycles. The van der Waals surface area contributed by atoms with Gasteiger partial charge >= 0.3 is 0 Å². The van der Waals surface area contributed by atoms with E-state index in [4.69, 9.17) is 0 Å². The van der Waals surface area contributed by atoms with E-state index in [1.54, 1.807) is 4.31 Å². The Morgan fingerprint density at radius 1 is 1.24 bits per heavy atom. The van der Waals surface area contributed by atoms with Crippen molar-refractivity contribution in [3.8, 4) is 0 Å². The maximum Gasteiger partial charge on any atom is 0.224 e. The predicted octanol–water partition coefficient (Wildman–Crippen LogP) is 0.174. The third kappa shape index (κ3) is 1.61. The van der Waals surface area contributed by atoms with Crippen LogP contribution in [0.2, 0.25) is 0 Å². The van der Waals surface area contributed by atoms with E-state index in [-0.39, 0.29) is 23.2 Å². The highest BCUT2D eigenvalue weighted by Gasteiger charge is 2.53. The molecule has 2 unspecified atom stereocenters. The zero-order valence-corrected chi connectivity index (χ0v) is 10.8. The van der Waals surface area contributed by atoms with Gasteiger partial charge < -0.3 is 4.90 Å². The van der Waals surface area contributed by atoms with E-state index in [9.17, 15) is 13.2 Å². The zero-order chi connectivity index (χ0) is 12.2. The van der Waals surface area contributed by atoms with Crippen LogP contribution in [0.4, 0.5) is 0 Å². The Morgan fingerprint density at radius 3 is 2.53 bits per heavy atom. The van der Waals surface area contributed by atoms with Crippen molar-refractivity contribution >= 4 is 15.9 Å². The lowest BCUT2D eigenvalue weighted by Gasteiger charge is -2.24. The molecule has 0 aromatic carbocycles. The maximum absolute atomic E-state index is 12.2. The van der Waals surface area contributed by atoms with Crippen LogP contribution in [-0.4, -0.2) is 54.0 Å². The van der Waals surface area contributed by atoms with E-state index in [1.165, 1.54) is 0 Å². The monoisotopic (exact) mass is 258 g/mol. The summed E-state index contributed by atoms with van der Waals surface area (Å²) in [5.41, 5.74) is 0. The van der Waals surface area contributed by atoms with Gasteiger partial charge in [0.25, 0.3) is 0 Å². The average Bonchev–Trinajstić information content (AvgIpc) is 2.98. The lowest BCUT2D eigenvalue weighted by molar-refractivity contribution is -0.128. The molecular formula is C11H18N2O3S. The quantitative estimate of drug-likeness (QED) is 0.725. The van der Waals surface area contributed by atoms with Crippen LogP contribution in [0, 0.1) is 0 Å². The summed E-state index contributed by atoms with van der Waals surface area (Å²) in [6.07, 6.45) is 2.77. The molecule has 0 spiro atoms. The van der Waals surface area contributed by atoms with Gasteiger partial charge in [-0.05, 0) is 26.2 Å². The molecule has 0 radical (unpaired) electrons. The molecule has 1 aliphatic carbocycles. The molecule has 1 amide bonds. The van der Waals surface area contributed by atoms with Crippen molar-refractivity contribution in [2.75, 3.05) is 13.1 Å². The van der Waals surface area contributed by atoms with Crippen molar-refractivity contribution < 1.29 is 13.2 Å². The topological polar surface area (TPSA) is 57.7 Å². The summed E-state index contributed by atoms with van der Waals surface area (Å²) in [4.78, 5) is 13.6. The highest BCUT2D eigenvalue weighted by Crippen LogP contribution is 2.39. The SMILES string of the molecule is CCN1C(=O)CC2C1CCN2S(=O)(=O)C1CC1. The number of hydrogen-bond donors (Lipinski definition) is 0. The third-order valence-corrected chi connectivity index (χ3v) is 6.60. The molecule has 17 heavy (non-hydrogen) atoms. The van der Waals surface area contributed by atoms with Crippen LogP contribution in [0.1, 0.15) is 32.6 Å². The molecule has 1 saturated carbocycles. The van der Waals surface area contributed by atoms with Crippen molar-refractivity contribution in [2.45, 2.75) is 49.9 Å². The Kier molecular flexibility index (Phi) is 2.49. The molecule has 0 N–H and O–H groups in total. The number of hydrogen-bond acceptors (Lipinski definition) is 3. The molecule has 0 aromatic heterocycles. The maximum atomic E-state index is 12.2. The van der Waals surface area contributed by atoms with Gasteiger partial charge in [-0.2, -0.15) is 4.31 Å². The second-order valence-electron chi connectivity index (χ2n) is 5.16. The van der Waals surface area contributed by atoms with Crippen molar-refractivity contribution in [3.63, 3.8) is 0 Å². The number of fused-ring (bicyclic) bond motifs is 1.